The van der Waals surface area contributed by atoms with Gasteiger partial charge in [-0.25, -0.2) is 0 Å². The molecule has 0 unspecified atom stereocenters. The van der Waals surface area contributed by atoms with Gasteiger partial charge in [-0.1, -0.05) is 151 Å². The molecular formula is C52H70O7. The second-order valence-electron chi connectivity index (χ2n) is 16.1. The Morgan fingerprint density at radius 3 is 0.983 bits per heavy atom. The Kier molecular flexibility index (Phi) is 19.3. The van der Waals surface area contributed by atoms with E-state index < -0.39 is 0 Å². The average Bonchev–Trinajstić information content (AvgIpc) is 3.24. The molecule has 4 aromatic carbocycles. The number of rotatable bonds is 16. The summed E-state index contributed by atoms with van der Waals surface area (Å²) in [5.41, 5.74) is 9.20. The summed E-state index contributed by atoms with van der Waals surface area (Å²) in [7, 11) is 0. The Morgan fingerprint density at radius 1 is 0.356 bits per heavy atom. The molecule has 0 spiro atoms. The number of fused-ring (bicyclic) bond motifs is 2. The topological polar surface area (TPSA) is 64.6 Å². The van der Waals surface area contributed by atoms with E-state index in [4.69, 9.17) is 33.2 Å². The largest absolute Gasteiger partial charge is 0.493 e. The van der Waals surface area contributed by atoms with Crippen LogP contribution in [-0.4, -0.2) is 66.1 Å². The van der Waals surface area contributed by atoms with E-state index in [0.29, 0.717) is 91.8 Å². The minimum Gasteiger partial charge on any atom is -0.493 e. The second-order valence-corrected chi connectivity index (χ2v) is 16.1. The lowest BCUT2D eigenvalue weighted by molar-refractivity contribution is 0.00484. The van der Waals surface area contributed by atoms with Crippen molar-refractivity contribution in [2.45, 2.75) is 117 Å². The van der Waals surface area contributed by atoms with E-state index in [1.165, 1.54) is 64.2 Å². The summed E-state index contributed by atoms with van der Waals surface area (Å²) in [6.45, 7) is 9.74. The minimum absolute atomic E-state index is 0.438. The second kappa shape index (κ2) is 25.6. The Morgan fingerprint density at radius 2 is 0.644 bits per heavy atom. The number of benzene rings is 4. The highest BCUT2D eigenvalue weighted by Crippen LogP contribution is 2.39. The molecule has 10 bridgehead atoms. The summed E-state index contributed by atoms with van der Waals surface area (Å²) in [4.78, 5) is 0. The SMILES string of the molecule is CCCCCCCCOc1c2cccc1Cc1cccc3c1OCCOCCOCCOCCOc1c(cccc1Cc1cccc(c1OCCCCCCCC)C3)C2. The highest BCUT2D eigenvalue weighted by molar-refractivity contribution is 5.56. The first-order valence-electron chi connectivity index (χ1n) is 22.9. The number of unbranched alkanes of at least 4 members (excludes halogenated alkanes) is 10. The molecule has 59 heavy (non-hydrogen) atoms. The Balaban J connectivity index is 1.43. The molecule has 6 rings (SSSR count). The molecule has 0 atom stereocenters. The fourth-order valence-corrected chi connectivity index (χ4v) is 8.29. The third kappa shape index (κ3) is 14.0. The van der Waals surface area contributed by atoms with Crippen molar-refractivity contribution in [3.8, 4) is 23.0 Å². The van der Waals surface area contributed by atoms with E-state index in [0.717, 1.165) is 80.3 Å². The highest BCUT2D eigenvalue weighted by atomic mass is 16.6. The van der Waals surface area contributed by atoms with E-state index in [1.54, 1.807) is 0 Å². The summed E-state index contributed by atoms with van der Waals surface area (Å²) in [6.07, 6.45) is 17.3. The number of para-hydroxylation sites is 4. The molecule has 0 saturated carbocycles. The van der Waals surface area contributed by atoms with Crippen LogP contribution in [0, 0.1) is 0 Å². The van der Waals surface area contributed by atoms with E-state index in [-0.39, 0.29) is 0 Å². The third-order valence-electron chi connectivity index (χ3n) is 11.4. The maximum Gasteiger partial charge on any atom is 0.126 e. The molecule has 2 aliphatic rings. The summed E-state index contributed by atoms with van der Waals surface area (Å²) < 4.78 is 45.0. The average molecular weight is 807 g/mol. The molecular weight excluding hydrogens is 737 g/mol. The molecule has 0 saturated heterocycles. The van der Waals surface area contributed by atoms with Crippen LogP contribution in [0.15, 0.2) is 72.8 Å². The quantitative estimate of drug-likeness (QED) is 0.0920. The monoisotopic (exact) mass is 807 g/mol. The first-order valence-corrected chi connectivity index (χ1v) is 22.9. The van der Waals surface area contributed by atoms with Crippen molar-refractivity contribution in [3.05, 3.63) is 117 Å². The maximum atomic E-state index is 6.86. The van der Waals surface area contributed by atoms with E-state index in [1.807, 2.05) is 0 Å². The summed E-state index contributed by atoms with van der Waals surface area (Å²) in [6, 6.07) is 26.5. The predicted molar refractivity (Wildman–Crippen MR) is 238 cm³/mol. The number of hydrogen-bond acceptors (Lipinski definition) is 7. The van der Waals surface area contributed by atoms with Crippen LogP contribution in [-0.2, 0) is 39.9 Å². The van der Waals surface area contributed by atoms with Gasteiger partial charge in [0.15, 0.2) is 0 Å². The van der Waals surface area contributed by atoms with E-state index in [2.05, 4.69) is 86.6 Å². The van der Waals surface area contributed by atoms with Gasteiger partial charge in [0.05, 0.1) is 52.9 Å². The summed E-state index contributed by atoms with van der Waals surface area (Å²) in [5.74, 6) is 3.79. The van der Waals surface area contributed by atoms with Crippen LogP contribution in [0.4, 0.5) is 0 Å². The van der Waals surface area contributed by atoms with Crippen molar-refractivity contribution in [1.29, 1.82) is 0 Å². The fraction of sp³-hybridized carbons (Fsp3) is 0.538. The highest BCUT2D eigenvalue weighted by Gasteiger charge is 2.22. The van der Waals surface area contributed by atoms with Gasteiger partial charge in [0.2, 0.25) is 0 Å². The van der Waals surface area contributed by atoms with Crippen LogP contribution < -0.4 is 18.9 Å². The van der Waals surface area contributed by atoms with Gasteiger partial charge in [0.25, 0.3) is 0 Å². The zero-order chi connectivity index (χ0) is 40.7. The Hall–Kier alpha value is -4.04. The molecule has 0 radical (unpaired) electrons. The maximum absolute atomic E-state index is 6.86. The molecule has 7 nitrogen and oxygen atoms in total. The van der Waals surface area contributed by atoms with Crippen molar-refractivity contribution < 1.29 is 33.2 Å². The fourth-order valence-electron chi connectivity index (χ4n) is 8.29. The van der Waals surface area contributed by atoms with Crippen molar-refractivity contribution >= 4 is 0 Å². The number of ether oxygens (including phenoxy) is 7. The van der Waals surface area contributed by atoms with Gasteiger partial charge >= 0.3 is 0 Å². The molecule has 1 heterocycles. The zero-order valence-electron chi connectivity index (χ0n) is 36.2. The lowest BCUT2D eigenvalue weighted by atomic mass is 9.91. The van der Waals surface area contributed by atoms with Crippen LogP contribution in [0.3, 0.4) is 0 Å². The first-order chi connectivity index (χ1) is 29.2. The summed E-state index contributed by atoms with van der Waals surface area (Å²) in [5, 5.41) is 0. The number of hydrogen-bond donors (Lipinski definition) is 0. The van der Waals surface area contributed by atoms with Crippen LogP contribution >= 0.6 is 0 Å². The van der Waals surface area contributed by atoms with E-state index in [9.17, 15) is 0 Å². The molecule has 0 fully saturated rings. The van der Waals surface area contributed by atoms with Gasteiger partial charge < -0.3 is 33.2 Å². The van der Waals surface area contributed by atoms with E-state index >= 15 is 0 Å². The Labute approximate surface area is 355 Å². The molecule has 7 heteroatoms. The molecule has 4 aromatic rings. The molecule has 0 aromatic heterocycles. The van der Waals surface area contributed by atoms with Gasteiger partial charge in [-0.2, -0.15) is 0 Å². The normalized spacial score (nSPS) is 15.2. The van der Waals surface area contributed by atoms with Crippen molar-refractivity contribution in [3.63, 3.8) is 0 Å². The van der Waals surface area contributed by atoms with Crippen LogP contribution in [0.25, 0.3) is 0 Å². The standard InChI is InChI=1S/C52H70O7/c1-3-5-7-9-11-13-27-56-49-41-19-15-20-42(49)38-46-24-18-26-48-40-44-22-16-21-43(50(44)57-28-14-12-10-8-6-4-2)39-47-25-17-23-45(37-41)51(47)58-35-33-54-31-29-53-30-32-55-34-36-59-52(46)48/h15-26H,3-14,27-40H2,1-2H3. The molecule has 1 aliphatic heterocycles. The van der Waals surface area contributed by atoms with Gasteiger partial charge in [-0.05, 0) is 57.3 Å². The van der Waals surface area contributed by atoms with Crippen LogP contribution in [0.1, 0.15) is 135 Å². The minimum atomic E-state index is 0.438. The molecule has 1 aliphatic carbocycles. The third-order valence-corrected chi connectivity index (χ3v) is 11.4. The van der Waals surface area contributed by atoms with Crippen LogP contribution in [0.5, 0.6) is 23.0 Å². The smallest absolute Gasteiger partial charge is 0.126 e. The summed E-state index contributed by atoms with van der Waals surface area (Å²) >= 11 is 0. The van der Waals surface area contributed by atoms with Crippen molar-refractivity contribution in [1.82, 2.24) is 0 Å². The molecule has 0 amide bonds. The Bertz CT molecular complexity index is 1600. The molecule has 0 N–H and O–H groups in total. The lowest BCUT2D eigenvalue weighted by Crippen LogP contribution is -2.16. The van der Waals surface area contributed by atoms with Crippen molar-refractivity contribution in [2.24, 2.45) is 0 Å². The lowest BCUT2D eigenvalue weighted by Gasteiger charge is -2.23. The predicted octanol–water partition coefficient (Wildman–Crippen LogP) is 11.7. The van der Waals surface area contributed by atoms with Crippen molar-refractivity contribution in [2.75, 3.05) is 66.1 Å². The zero-order valence-corrected chi connectivity index (χ0v) is 36.2. The van der Waals surface area contributed by atoms with Crippen LogP contribution in [0.2, 0.25) is 0 Å². The van der Waals surface area contributed by atoms with Gasteiger partial charge in [0.1, 0.15) is 36.2 Å². The molecule has 320 valence electrons. The first kappa shape index (κ1) is 44.5. The van der Waals surface area contributed by atoms with Gasteiger partial charge in [0, 0.05) is 25.7 Å². The van der Waals surface area contributed by atoms with Gasteiger partial charge in [-0.15, -0.1) is 0 Å². The van der Waals surface area contributed by atoms with Gasteiger partial charge in [-0.3, -0.25) is 0 Å².